The average molecular weight is 231 g/mol. The van der Waals surface area contributed by atoms with E-state index >= 15 is 0 Å². The molecule has 0 bridgehead atoms. The Hall–Kier alpha value is -0.380. The summed E-state index contributed by atoms with van der Waals surface area (Å²) in [6.45, 7) is 6.89. The third-order valence-corrected chi connectivity index (χ3v) is 3.69. The normalized spacial score (nSPS) is 17.9. The van der Waals surface area contributed by atoms with Gasteiger partial charge in [-0.2, -0.15) is 0 Å². The summed E-state index contributed by atoms with van der Waals surface area (Å²) in [6.07, 6.45) is 2.24. The van der Waals surface area contributed by atoms with Crippen LogP contribution in [-0.4, -0.2) is 39.1 Å². The van der Waals surface area contributed by atoms with Crippen molar-refractivity contribution in [1.82, 2.24) is 4.90 Å². The second-order valence-electron chi connectivity index (χ2n) is 4.54. The third kappa shape index (κ3) is 4.33. The minimum atomic E-state index is -0.972. The van der Waals surface area contributed by atoms with Crippen LogP contribution in [0.25, 0.3) is 0 Å². The van der Waals surface area contributed by atoms with Crippen molar-refractivity contribution in [3.8, 4) is 0 Å². The molecular formula is C11H21NO2S. The van der Waals surface area contributed by atoms with E-state index in [1.165, 1.54) is 0 Å². The standard InChI is InChI=1S/C11H21NO2S/c1-4-15(14)8-11(13)12(7-9(2)3)10-5-6-10/h9-10H,4-8H2,1-3H3. The monoisotopic (exact) mass is 231 g/mol. The largest absolute Gasteiger partial charge is 0.339 e. The van der Waals surface area contributed by atoms with Crippen LogP contribution in [0.15, 0.2) is 0 Å². The number of carbonyl (C=O) groups excluding carboxylic acids is 1. The van der Waals surface area contributed by atoms with Gasteiger partial charge in [-0.1, -0.05) is 20.8 Å². The topological polar surface area (TPSA) is 37.4 Å². The number of hydrogen-bond donors (Lipinski definition) is 0. The molecule has 1 fully saturated rings. The van der Waals surface area contributed by atoms with Crippen molar-refractivity contribution in [1.29, 1.82) is 0 Å². The fourth-order valence-electron chi connectivity index (χ4n) is 1.56. The second kappa shape index (κ2) is 5.64. The minimum Gasteiger partial charge on any atom is -0.339 e. The van der Waals surface area contributed by atoms with Crippen LogP contribution in [0, 0.1) is 5.92 Å². The highest BCUT2D eigenvalue weighted by molar-refractivity contribution is 7.85. The molecule has 1 unspecified atom stereocenters. The van der Waals surface area contributed by atoms with Gasteiger partial charge in [-0.15, -0.1) is 0 Å². The van der Waals surface area contributed by atoms with Crippen LogP contribution in [0.3, 0.4) is 0 Å². The van der Waals surface area contributed by atoms with Gasteiger partial charge in [0.15, 0.2) is 0 Å². The van der Waals surface area contributed by atoms with E-state index in [9.17, 15) is 9.00 Å². The van der Waals surface area contributed by atoms with Crippen LogP contribution in [-0.2, 0) is 15.6 Å². The zero-order valence-corrected chi connectivity index (χ0v) is 10.7. The summed E-state index contributed by atoms with van der Waals surface area (Å²) >= 11 is 0. The van der Waals surface area contributed by atoms with Gasteiger partial charge in [0.2, 0.25) is 5.91 Å². The highest BCUT2D eigenvalue weighted by Crippen LogP contribution is 2.27. The zero-order chi connectivity index (χ0) is 11.4. The molecule has 1 amide bonds. The predicted octanol–water partition coefficient (Wildman–Crippen LogP) is 1.40. The molecule has 15 heavy (non-hydrogen) atoms. The van der Waals surface area contributed by atoms with E-state index in [0.29, 0.717) is 17.7 Å². The Morgan fingerprint density at radius 2 is 2.07 bits per heavy atom. The first-order valence-corrected chi connectivity index (χ1v) is 7.17. The first-order chi connectivity index (χ1) is 7.04. The van der Waals surface area contributed by atoms with E-state index in [1.54, 1.807) is 0 Å². The lowest BCUT2D eigenvalue weighted by Gasteiger charge is -2.24. The Balaban J connectivity index is 2.47. The number of rotatable bonds is 6. The number of hydrogen-bond acceptors (Lipinski definition) is 2. The molecule has 1 aliphatic carbocycles. The zero-order valence-electron chi connectivity index (χ0n) is 9.86. The number of carbonyl (C=O) groups is 1. The van der Waals surface area contributed by atoms with Crippen LogP contribution >= 0.6 is 0 Å². The van der Waals surface area contributed by atoms with Gasteiger partial charge in [-0.3, -0.25) is 9.00 Å². The van der Waals surface area contributed by atoms with E-state index in [4.69, 9.17) is 0 Å². The molecule has 3 nitrogen and oxygen atoms in total. The summed E-state index contributed by atoms with van der Waals surface area (Å²) in [5.41, 5.74) is 0. The van der Waals surface area contributed by atoms with Crippen molar-refractivity contribution in [2.45, 2.75) is 39.7 Å². The van der Waals surface area contributed by atoms with Crippen molar-refractivity contribution in [2.75, 3.05) is 18.1 Å². The van der Waals surface area contributed by atoms with Crippen LogP contribution in [0.5, 0.6) is 0 Å². The molecule has 0 aliphatic heterocycles. The summed E-state index contributed by atoms with van der Waals surface area (Å²) in [6, 6.07) is 0.439. The van der Waals surface area contributed by atoms with Crippen molar-refractivity contribution in [3.05, 3.63) is 0 Å². The molecule has 1 atom stereocenters. The van der Waals surface area contributed by atoms with Crippen LogP contribution in [0.2, 0.25) is 0 Å². The maximum atomic E-state index is 11.9. The number of amides is 1. The molecule has 0 spiro atoms. The van der Waals surface area contributed by atoms with Gasteiger partial charge in [-0.05, 0) is 18.8 Å². The third-order valence-electron chi connectivity index (χ3n) is 2.48. The van der Waals surface area contributed by atoms with E-state index in [1.807, 2.05) is 11.8 Å². The first kappa shape index (κ1) is 12.7. The molecule has 0 saturated heterocycles. The van der Waals surface area contributed by atoms with E-state index in [-0.39, 0.29) is 11.7 Å². The molecule has 0 heterocycles. The van der Waals surface area contributed by atoms with Crippen LogP contribution in [0.4, 0.5) is 0 Å². The Labute approximate surface area is 94.7 Å². The molecule has 0 N–H and O–H groups in total. The van der Waals surface area contributed by atoms with Gasteiger partial charge in [0.1, 0.15) is 5.75 Å². The molecule has 88 valence electrons. The highest BCUT2D eigenvalue weighted by Gasteiger charge is 2.32. The Kier molecular flexibility index (Phi) is 4.77. The minimum absolute atomic E-state index is 0.0754. The molecule has 4 heteroatoms. The molecule has 1 aliphatic rings. The lowest BCUT2D eigenvalue weighted by Crippen LogP contribution is -2.39. The maximum Gasteiger partial charge on any atom is 0.235 e. The van der Waals surface area contributed by atoms with E-state index in [0.717, 1.165) is 19.4 Å². The fraction of sp³-hybridized carbons (Fsp3) is 0.909. The average Bonchev–Trinajstić information content (AvgIpc) is 2.96. The van der Waals surface area contributed by atoms with Gasteiger partial charge in [0.05, 0.1) is 0 Å². The van der Waals surface area contributed by atoms with Gasteiger partial charge in [0.25, 0.3) is 0 Å². The summed E-state index contributed by atoms with van der Waals surface area (Å²) in [5, 5.41) is 0. The van der Waals surface area contributed by atoms with Crippen molar-refractivity contribution in [3.63, 3.8) is 0 Å². The Bertz CT molecular complexity index is 249. The SMILES string of the molecule is CCS(=O)CC(=O)N(CC(C)C)C1CC1. The summed E-state index contributed by atoms with van der Waals surface area (Å²) in [5.74, 6) is 1.35. The lowest BCUT2D eigenvalue weighted by molar-refractivity contribution is -0.129. The van der Waals surface area contributed by atoms with Crippen molar-refractivity contribution >= 4 is 16.7 Å². The van der Waals surface area contributed by atoms with Gasteiger partial charge in [-0.25, -0.2) is 0 Å². The molecule has 1 saturated carbocycles. The fourth-order valence-corrected chi connectivity index (χ4v) is 2.20. The maximum absolute atomic E-state index is 11.9. The molecule has 0 aromatic rings. The van der Waals surface area contributed by atoms with Crippen LogP contribution in [0.1, 0.15) is 33.6 Å². The van der Waals surface area contributed by atoms with E-state index in [2.05, 4.69) is 13.8 Å². The Morgan fingerprint density at radius 1 is 1.47 bits per heavy atom. The number of nitrogens with zero attached hydrogens (tertiary/aromatic N) is 1. The van der Waals surface area contributed by atoms with Gasteiger partial charge in [0, 0.05) is 29.1 Å². The Morgan fingerprint density at radius 3 is 2.47 bits per heavy atom. The summed E-state index contributed by atoms with van der Waals surface area (Å²) in [4.78, 5) is 13.8. The molecule has 1 rings (SSSR count). The molecule has 0 aromatic heterocycles. The van der Waals surface area contributed by atoms with Crippen molar-refractivity contribution < 1.29 is 9.00 Å². The molecule has 0 radical (unpaired) electrons. The smallest absolute Gasteiger partial charge is 0.235 e. The summed E-state index contributed by atoms with van der Waals surface area (Å²) < 4.78 is 11.3. The van der Waals surface area contributed by atoms with Crippen molar-refractivity contribution in [2.24, 2.45) is 5.92 Å². The van der Waals surface area contributed by atoms with Gasteiger partial charge < -0.3 is 4.90 Å². The molecular weight excluding hydrogens is 210 g/mol. The van der Waals surface area contributed by atoms with Gasteiger partial charge >= 0.3 is 0 Å². The second-order valence-corrected chi connectivity index (χ2v) is 6.29. The van der Waals surface area contributed by atoms with Crippen LogP contribution < -0.4 is 0 Å². The predicted molar refractivity (Wildman–Crippen MR) is 63.1 cm³/mol. The first-order valence-electron chi connectivity index (χ1n) is 5.69. The molecule has 0 aromatic carbocycles. The lowest BCUT2D eigenvalue weighted by atomic mass is 10.2. The highest BCUT2D eigenvalue weighted by atomic mass is 32.2. The van der Waals surface area contributed by atoms with E-state index < -0.39 is 10.8 Å². The quantitative estimate of drug-likeness (QED) is 0.693. The summed E-state index contributed by atoms with van der Waals surface area (Å²) in [7, 11) is -0.972.